The van der Waals surface area contributed by atoms with Gasteiger partial charge in [0.25, 0.3) is 11.1 Å². The summed E-state index contributed by atoms with van der Waals surface area (Å²) in [6.45, 7) is 1.98. The molecule has 0 heterocycles. The van der Waals surface area contributed by atoms with Crippen LogP contribution in [-0.2, 0) is 0 Å². The van der Waals surface area contributed by atoms with Gasteiger partial charge in [0, 0.05) is 25.3 Å². The Balaban J connectivity index is 2.11. The van der Waals surface area contributed by atoms with E-state index in [-0.39, 0.29) is 5.91 Å². The molecule has 0 aromatic heterocycles. The molecule has 5 heteroatoms. The van der Waals surface area contributed by atoms with Crippen molar-refractivity contribution < 1.29 is 9.53 Å². The molecule has 22 heavy (non-hydrogen) atoms. The number of carbonyl (C=O) groups excluding carboxylic acids is 1. The Bertz CT molecular complexity index is 699. The normalized spacial score (nSPS) is 9.95. The van der Waals surface area contributed by atoms with Gasteiger partial charge in [-0.3, -0.25) is 4.79 Å². The van der Waals surface area contributed by atoms with Crippen molar-refractivity contribution in [1.29, 1.82) is 0 Å². The minimum Gasteiger partial charge on any atom is -0.432 e. The van der Waals surface area contributed by atoms with Crippen molar-refractivity contribution in [3.05, 3.63) is 59.7 Å². The van der Waals surface area contributed by atoms with E-state index < -0.39 is 0 Å². The monoisotopic (exact) mass is 314 g/mol. The van der Waals surface area contributed by atoms with Crippen molar-refractivity contribution in [2.24, 2.45) is 0 Å². The molecular formula is C17H18N2O2S. The van der Waals surface area contributed by atoms with Crippen LogP contribution in [0.3, 0.4) is 0 Å². The van der Waals surface area contributed by atoms with E-state index in [1.54, 1.807) is 43.3 Å². The highest BCUT2D eigenvalue weighted by molar-refractivity contribution is 7.80. The van der Waals surface area contributed by atoms with E-state index in [1.807, 2.05) is 31.2 Å². The Labute approximate surface area is 135 Å². The topological polar surface area (TPSA) is 41.6 Å². The SMILES string of the molecule is Cc1cccc(NC(=O)c2cccc(OC(=S)N(C)C)c2)c1. The molecule has 1 N–H and O–H groups in total. The zero-order valence-electron chi connectivity index (χ0n) is 12.8. The number of thiocarbonyl (C=S) groups is 1. The minimum absolute atomic E-state index is 0.188. The van der Waals surface area contributed by atoms with E-state index in [4.69, 9.17) is 17.0 Å². The number of benzene rings is 2. The Morgan fingerprint density at radius 2 is 1.86 bits per heavy atom. The fraction of sp³-hybridized carbons (Fsp3) is 0.176. The first kappa shape index (κ1) is 16.0. The van der Waals surface area contributed by atoms with Gasteiger partial charge in [0.15, 0.2) is 0 Å². The summed E-state index contributed by atoms with van der Waals surface area (Å²) in [4.78, 5) is 14.0. The molecule has 2 aromatic carbocycles. The molecule has 0 saturated carbocycles. The van der Waals surface area contributed by atoms with Crippen LogP contribution in [0.1, 0.15) is 15.9 Å². The average molecular weight is 314 g/mol. The molecule has 0 saturated heterocycles. The number of nitrogens with one attached hydrogen (secondary N) is 1. The van der Waals surface area contributed by atoms with Gasteiger partial charge in [-0.25, -0.2) is 0 Å². The first-order valence-corrected chi connectivity index (χ1v) is 7.24. The quantitative estimate of drug-likeness (QED) is 0.881. The van der Waals surface area contributed by atoms with Gasteiger partial charge in [0.05, 0.1) is 0 Å². The molecule has 2 rings (SSSR count). The van der Waals surface area contributed by atoms with E-state index >= 15 is 0 Å². The molecule has 1 amide bonds. The Morgan fingerprint density at radius 1 is 1.14 bits per heavy atom. The van der Waals surface area contributed by atoms with E-state index in [9.17, 15) is 4.79 Å². The molecule has 0 bridgehead atoms. The van der Waals surface area contributed by atoms with Crippen LogP contribution in [0.5, 0.6) is 5.75 Å². The number of anilines is 1. The van der Waals surface area contributed by atoms with Crippen molar-refractivity contribution in [1.82, 2.24) is 4.90 Å². The molecule has 0 aliphatic carbocycles. The first-order valence-electron chi connectivity index (χ1n) is 6.83. The number of ether oxygens (including phenoxy) is 1. The zero-order chi connectivity index (χ0) is 16.1. The number of nitrogens with zero attached hydrogens (tertiary/aromatic N) is 1. The number of rotatable bonds is 3. The summed E-state index contributed by atoms with van der Waals surface area (Å²) < 4.78 is 5.51. The van der Waals surface area contributed by atoms with Crippen LogP contribution in [0.25, 0.3) is 0 Å². The third-order valence-electron chi connectivity index (χ3n) is 2.94. The second-order valence-electron chi connectivity index (χ2n) is 5.11. The predicted octanol–water partition coefficient (Wildman–Crippen LogP) is 3.47. The molecule has 4 nitrogen and oxygen atoms in total. The van der Waals surface area contributed by atoms with E-state index in [0.29, 0.717) is 16.5 Å². The lowest BCUT2D eigenvalue weighted by Crippen LogP contribution is -2.25. The zero-order valence-corrected chi connectivity index (χ0v) is 13.6. The highest BCUT2D eigenvalue weighted by atomic mass is 32.1. The third kappa shape index (κ3) is 4.30. The molecule has 114 valence electrons. The molecular weight excluding hydrogens is 296 g/mol. The van der Waals surface area contributed by atoms with Crippen molar-refractivity contribution in [3.8, 4) is 5.75 Å². The van der Waals surface area contributed by atoms with Crippen LogP contribution >= 0.6 is 12.2 Å². The summed E-state index contributed by atoms with van der Waals surface area (Å²) >= 11 is 5.09. The first-order chi connectivity index (χ1) is 10.5. The summed E-state index contributed by atoms with van der Waals surface area (Å²) in [5.41, 5.74) is 2.37. The maximum Gasteiger partial charge on any atom is 0.264 e. The summed E-state index contributed by atoms with van der Waals surface area (Å²) in [5, 5.41) is 3.21. The standard InChI is InChI=1S/C17H18N2O2S/c1-12-6-4-8-14(10-12)18-16(20)13-7-5-9-15(11-13)21-17(22)19(2)3/h4-11H,1-3H3,(H,18,20). The van der Waals surface area contributed by atoms with Gasteiger partial charge in [0.1, 0.15) is 5.75 Å². The van der Waals surface area contributed by atoms with Crippen LogP contribution < -0.4 is 10.1 Å². The van der Waals surface area contributed by atoms with Crippen LogP contribution in [0.15, 0.2) is 48.5 Å². The minimum atomic E-state index is -0.188. The van der Waals surface area contributed by atoms with Gasteiger partial charge in [-0.2, -0.15) is 0 Å². The predicted molar refractivity (Wildman–Crippen MR) is 92.5 cm³/mol. The molecule has 0 aliphatic heterocycles. The van der Waals surface area contributed by atoms with Crippen LogP contribution in [0.4, 0.5) is 5.69 Å². The maximum atomic E-state index is 12.3. The number of aryl methyl sites for hydroxylation is 1. The van der Waals surface area contributed by atoms with E-state index in [2.05, 4.69) is 5.32 Å². The molecule has 2 aromatic rings. The van der Waals surface area contributed by atoms with Gasteiger partial charge >= 0.3 is 0 Å². The van der Waals surface area contributed by atoms with Gasteiger partial charge in [0.2, 0.25) is 0 Å². The molecule has 0 atom stereocenters. The number of hydrogen-bond acceptors (Lipinski definition) is 3. The second kappa shape index (κ2) is 7.04. The molecule has 0 aliphatic rings. The fourth-order valence-corrected chi connectivity index (χ4v) is 1.92. The maximum absolute atomic E-state index is 12.3. The van der Waals surface area contributed by atoms with Crippen molar-refractivity contribution in [2.45, 2.75) is 6.92 Å². The van der Waals surface area contributed by atoms with Crippen LogP contribution in [0.2, 0.25) is 0 Å². The number of amides is 1. The van der Waals surface area contributed by atoms with Crippen molar-refractivity contribution in [3.63, 3.8) is 0 Å². The highest BCUT2D eigenvalue weighted by Crippen LogP contribution is 2.16. The Morgan fingerprint density at radius 3 is 2.55 bits per heavy atom. The Kier molecular flexibility index (Phi) is 5.12. The summed E-state index contributed by atoms with van der Waals surface area (Å²) in [5.74, 6) is 0.349. The van der Waals surface area contributed by atoms with Gasteiger partial charge in [-0.15, -0.1) is 0 Å². The highest BCUT2D eigenvalue weighted by Gasteiger charge is 2.09. The molecule has 0 radical (unpaired) electrons. The van der Waals surface area contributed by atoms with Crippen LogP contribution in [0, 0.1) is 6.92 Å². The molecule has 0 unspecified atom stereocenters. The van der Waals surface area contributed by atoms with Gasteiger partial charge in [-0.1, -0.05) is 18.2 Å². The number of hydrogen-bond donors (Lipinski definition) is 1. The third-order valence-corrected chi connectivity index (χ3v) is 3.39. The molecule has 0 fully saturated rings. The van der Waals surface area contributed by atoms with Gasteiger partial charge in [-0.05, 0) is 55.0 Å². The van der Waals surface area contributed by atoms with Gasteiger partial charge < -0.3 is 15.0 Å². The van der Waals surface area contributed by atoms with Crippen molar-refractivity contribution >= 4 is 29.0 Å². The smallest absolute Gasteiger partial charge is 0.264 e. The summed E-state index contributed by atoms with van der Waals surface area (Å²) in [6.07, 6.45) is 0. The van der Waals surface area contributed by atoms with Crippen molar-refractivity contribution in [2.75, 3.05) is 19.4 Å². The largest absolute Gasteiger partial charge is 0.432 e. The second-order valence-corrected chi connectivity index (χ2v) is 5.46. The fourth-order valence-electron chi connectivity index (χ4n) is 1.82. The van der Waals surface area contributed by atoms with E-state index in [0.717, 1.165) is 11.3 Å². The lowest BCUT2D eigenvalue weighted by Gasteiger charge is -2.14. The summed E-state index contributed by atoms with van der Waals surface area (Å²) in [7, 11) is 3.60. The average Bonchev–Trinajstić information content (AvgIpc) is 2.47. The Hall–Kier alpha value is -2.40. The lowest BCUT2D eigenvalue weighted by molar-refractivity contribution is 0.102. The lowest BCUT2D eigenvalue weighted by atomic mass is 10.2. The summed E-state index contributed by atoms with van der Waals surface area (Å²) in [6, 6.07) is 14.6. The van der Waals surface area contributed by atoms with Crippen LogP contribution in [-0.4, -0.2) is 30.1 Å². The van der Waals surface area contributed by atoms with E-state index in [1.165, 1.54) is 0 Å². The number of carbonyl (C=O) groups is 1. The molecule has 0 spiro atoms.